The smallest absolute Gasteiger partial charge is 0.255 e. The van der Waals surface area contributed by atoms with E-state index in [9.17, 15) is 13.6 Å². The van der Waals surface area contributed by atoms with E-state index in [0.717, 1.165) is 23.4 Å². The Morgan fingerprint density at radius 1 is 1.13 bits per heavy atom. The number of nitrogens with one attached hydrogen (secondary N) is 1. The van der Waals surface area contributed by atoms with Gasteiger partial charge < -0.3 is 5.32 Å². The molecule has 0 unspecified atom stereocenters. The molecule has 8 heteroatoms. The summed E-state index contributed by atoms with van der Waals surface area (Å²) < 4.78 is 27.6. The molecule has 0 saturated carbocycles. The topological polar surface area (TPSA) is 72.7 Å². The second kappa shape index (κ2) is 5.91. The number of hydrogen-bond donors (Lipinski definition) is 1. The highest BCUT2D eigenvalue weighted by molar-refractivity contribution is 6.04. The van der Waals surface area contributed by atoms with E-state index in [2.05, 4.69) is 20.8 Å². The van der Waals surface area contributed by atoms with E-state index in [-0.39, 0.29) is 5.56 Å². The molecule has 1 aromatic heterocycles. The average Bonchev–Trinajstić information content (AvgIpc) is 3.04. The van der Waals surface area contributed by atoms with E-state index in [4.69, 9.17) is 0 Å². The van der Waals surface area contributed by atoms with Gasteiger partial charge in [0.05, 0.1) is 5.69 Å². The molecule has 3 rings (SSSR count). The third-order valence-electron chi connectivity index (χ3n) is 3.23. The van der Waals surface area contributed by atoms with Gasteiger partial charge >= 0.3 is 0 Å². The zero-order valence-corrected chi connectivity index (χ0v) is 12.0. The fourth-order valence-corrected chi connectivity index (χ4v) is 2.10. The molecule has 0 aliphatic carbocycles. The van der Waals surface area contributed by atoms with Crippen LogP contribution < -0.4 is 5.32 Å². The molecule has 0 aliphatic rings. The van der Waals surface area contributed by atoms with Crippen molar-refractivity contribution in [1.82, 2.24) is 20.2 Å². The maximum Gasteiger partial charge on any atom is 0.255 e. The van der Waals surface area contributed by atoms with E-state index in [0.29, 0.717) is 5.69 Å². The van der Waals surface area contributed by atoms with Gasteiger partial charge in [-0.2, -0.15) is 0 Å². The standard InChI is InChI=1S/C15H11F2N5O/c1-9-6-11(3-5-14(9)22-8-18-20-21-22)19-15(23)10-2-4-12(16)13(17)7-10/h2-8H,1H3,(H,19,23). The van der Waals surface area contributed by atoms with Gasteiger partial charge in [-0.1, -0.05) is 0 Å². The summed E-state index contributed by atoms with van der Waals surface area (Å²) >= 11 is 0. The van der Waals surface area contributed by atoms with Crippen LogP contribution in [-0.2, 0) is 0 Å². The first-order valence-corrected chi connectivity index (χ1v) is 6.65. The number of halogens is 2. The molecule has 3 aromatic rings. The molecule has 0 fully saturated rings. The normalized spacial score (nSPS) is 10.6. The Kier molecular flexibility index (Phi) is 3.80. The lowest BCUT2D eigenvalue weighted by atomic mass is 10.1. The van der Waals surface area contributed by atoms with Crippen LogP contribution in [0.25, 0.3) is 5.69 Å². The highest BCUT2D eigenvalue weighted by atomic mass is 19.2. The van der Waals surface area contributed by atoms with Gasteiger partial charge in [0.2, 0.25) is 0 Å². The van der Waals surface area contributed by atoms with Gasteiger partial charge in [-0.25, -0.2) is 13.5 Å². The van der Waals surface area contributed by atoms with Crippen LogP contribution >= 0.6 is 0 Å². The molecule has 1 amide bonds. The fourth-order valence-electron chi connectivity index (χ4n) is 2.10. The van der Waals surface area contributed by atoms with Gasteiger partial charge in [0.1, 0.15) is 6.33 Å². The number of nitrogens with zero attached hydrogens (tertiary/aromatic N) is 4. The third kappa shape index (κ3) is 3.05. The number of anilines is 1. The molecule has 23 heavy (non-hydrogen) atoms. The van der Waals surface area contributed by atoms with E-state index < -0.39 is 17.5 Å². The minimum atomic E-state index is -1.07. The predicted molar refractivity (Wildman–Crippen MR) is 78.2 cm³/mol. The van der Waals surface area contributed by atoms with Crippen LogP contribution in [0.15, 0.2) is 42.7 Å². The first-order valence-electron chi connectivity index (χ1n) is 6.65. The summed E-state index contributed by atoms with van der Waals surface area (Å²) in [5.41, 5.74) is 2.15. The van der Waals surface area contributed by atoms with Crippen molar-refractivity contribution in [2.24, 2.45) is 0 Å². The van der Waals surface area contributed by atoms with Crippen molar-refractivity contribution < 1.29 is 13.6 Å². The summed E-state index contributed by atoms with van der Waals surface area (Å²) in [5.74, 6) is -2.59. The number of carbonyl (C=O) groups is 1. The highest BCUT2D eigenvalue weighted by Gasteiger charge is 2.11. The molecule has 0 bridgehead atoms. The van der Waals surface area contributed by atoms with E-state index in [1.165, 1.54) is 17.1 Å². The maximum atomic E-state index is 13.2. The number of hydrogen-bond acceptors (Lipinski definition) is 4. The van der Waals surface area contributed by atoms with Gasteiger partial charge in [0, 0.05) is 11.3 Å². The number of benzene rings is 2. The first-order chi connectivity index (χ1) is 11.0. The summed E-state index contributed by atoms with van der Waals surface area (Å²) in [7, 11) is 0. The zero-order chi connectivity index (χ0) is 16.4. The lowest BCUT2D eigenvalue weighted by Crippen LogP contribution is -2.13. The monoisotopic (exact) mass is 315 g/mol. The number of aromatic nitrogens is 4. The first kappa shape index (κ1) is 14.8. The van der Waals surface area contributed by atoms with Crippen molar-refractivity contribution in [3.05, 3.63) is 65.5 Å². The third-order valence-corrected chi connectivity index (χ3v) is 3.23. The molecule has 1 heterocycles. The number of amides is 1. The van der Waals surface area contributed by atoms with E-state index in [1.807, 2.05) is 6.92 Å². The maximum absolute atomic E-state index is 13.2. The van der Waals surface area contributed by atoms with Gasteiger partial charge in [-0.3, -0.25) is 4.79 Å². The fraction of sp³-hybridized carbons (Fsp3) is 0.0667. The Balaban J connectivity index is 1.81. The molecular weight excluding hydrogens is 304 g/mol. The molecular formula is C15H11F2N5O. The van der Waals surface area contributed by atoms with Crippen LogP contribution in [0.4, 0.5) is 14.5 Å². The Hall–Kier alpha value is -3.16. The molecule has 0 radical (unpaired) electrons. The lowest BCUT2D eigenvalue weighted by Gasteiger charge is -2.09. The number of aryl methyl sites for hydroxylation is 1. The molecule has 0 saturated heterocycles. The Bertz CT molecular complexity index is 864. The SMILES string of the molecule is Cc1cc(NC(=O)c2ccc(F)c(F)c2)ccc1-n1cnnn1. The molecule has 0 aliphatic heterocycles. The van der Waals surface area contributed by atoms with Crippen LogP contribution in [-0.4, -0.2) is 26.1 Å². The largest absolute Gasteiger partial charge is 0.322 e. The van der Waals surface area contributed by atoms with Gasteiger partial charge in [0.25, 0.3) is 5.91 Å². The molecule has 0 spiro atoms. The van der Waals surface area contributed by atoms with Crippen molar-refractivity contribution in [1.29, 1.82) is 0 Å². The predicted octanol–water partition coefficient (Wildman–Crippen LogP) is 2.50. The minimum absolute atomic E-state index is 0.0334. The summed E-state index contributed by atoms with van der Waals surface area (Å²) in [6.45, 7) is 1.84. The minimum Gasteiger partial charge on any atom is -0.322 e. The van der Waals surface area contributed by atoms with Crippen molar-refractivity contribution in [3.63, 3.8) is 0 Å². The molecule has 116 valence electrons. The van der Waals surface area contributed by atoms with Gasteiger partial charge in [-0.05, 0) is 59.3 Å². The van der Waals surface area contributed by atoms with Crippen LogP contribution in [0, 0.1) is 18.6 Å². The Morgan fingerprint density at radius 2 is 1.96 bits per heavy atom. The summed E-state index contributed by atoms with van der Waals surface area (Å²) in [5, 5.41) is 13.5. The van der Waals surface area contributed by atoms with E-state index in [1.54, 1.807) is 18.2 Å². The van der Waals surface area contributed by atoms with Crippen molar-refractivity contribution in [2.45, 2.75) is 6.92 Å². The van der Waals surface area contributed by atoms with Gasteiger partial charge in [-0.15, -0.1) is 5.10 Å². The average molecular weight is 315 g/mol. The van der Waals surface area contributed by atoms with Crippen molar-refractivity contribution in [3.8, 4) is 5.69 Å². The van der Waals surface area contributed by atoms with Crippen LogP contribution in [0.2, 0.25) is 0 Å². The lowest BCUT2D eigenvalue weighted by molar-refractivity contribution is 0.102. The second-order valence-corrected chi connectivity index (χ2v) is 4.84. The number of rotatable bonds is 3. The molecule has 0 atom stereocenters. The summed E-state index contributed by atoms with van der Waals surface area (Å²) in [6.07, 6.45) is 1.46. The number of carbonyl (C=O) groups excluding carboxylic acids is 1. The summed E-state index contributed by atoms with van der Waals surface area (Å²) in [6, 6.07) is 8.13. The van der Waals surface area contributed by atoms with E-state index >= 15 is 0 Å². The molecule has 6 nitrogen and oxygen atoms in total. The molecule has 1 N–H and O–H groups in total. The number of tetrazole rings is 1. The van der Waals surface area contributed by atoms with Crippen LogP contribution in [0.1, 0.15) is 15.9 Å². The highest BCUT2D eigenvalue weighted by Crippen LogP contribution is 2.19. The van der Waals surface area contributed by atoms with Crippen molar-refractivity contribution in [2.75, 3.05) is 5.32 Å². The summed E-state index contributed by atoms with van der Waals surface area (Å²) in [4.78, 5) is 12.1. The molecule has 2 aromatic carbocycles. The van der Waals surface area contributed by atoms with Crippen LogP contribution in [0.3, 0.4) is 0 Å². The van der Waals surface area contributed by atoms with Crippen LogP contribution in [0.5, 0.6) is 0 Å². The van der Waals surface area contributed by atoms with Crippen molar-refractivity contribution >= 4 is 11.6 Å². The Morgan fingerprint density at radius 3 is 2.61 bits per heavy atom. The quantitative estimate of drug-likeness (QED) is 0.806. The van der Waals surface area contributed by atoms with Gasteiger partial charge in [0.15, 0.2) is 11.6 Å². The zero-order valence-electron chi connectivity index (χ0n) is 12.0. The Labute approximate surface area is 129 Å². The second-order valence-electron chi connectivity index (χ2n) is 4.84.